The summed E-state index contributed by atoms with van der Waals surface area (Å²) in [6.07, 6.45) is 2.10. The van der Waals surface area contributed by atoms with Crippen LogP contribution >= 0.6 is 35.0 Å². The van der Waals surface area contributed by atoms with Crippen molar-refractivity contribution in [2.45, 2.75) is 38.5 Å². The summed E-state index contributed by atoms with van der Waals surface area (Å²) in [6.45, 7) is 4.15. The van der Waals surface area contributed by atoms with Gasteiger partial charge in [-0.3, -0.25) is 4.79 Å². The molecule has 1 atom stereocenters. The molecule has 5 heteroatoms. The van der Waals surface area contributed by atoms with Crippen LogP contribution in [0.5, 0.6) is 0 Å². The standard InChI is InChI=1S/C14H19Cl2NOS/c1-3-4-10(2)17-14(18)9-19-8-11-5-6-12(15)13(16)7-11/h5-7,10H,3-4,8-9H2,1-2H3,(H,17,18)/t10-/m0/s1. The van der Waals surface area contributed by atoms with Gasteiger partial charge >= 0.3 is 0 Å². The highest BCUT2D eigenvalue weighted by Gasteiger charge is 2.07. The van der Waals surface area contributed by atoms with Gasteiger partial charge in [0.2, 0.25) is 5.91 Å². The van der Waals surface area contributed by atoms with E-state index >= 15 is 0 Å². The molecule has 1 aromatic rings. The molecule has 106 valence electrons. The van der Waals surface area contributed by atoms with Crippen molar-refractivity contribution >= 4 is 40.9 Å². The first-order valence-electron chi connectivity index (χ1n) is 6.34. The van der Waals surface area contributed by atoms with Crippen LogP contribution in [0.4, 0.5) is 0 Å². The van der Waals surface area contributed by atoms with Gasteiger partial charge in [0, 0.05) is 11.8 Å². The average molecular weight is 320 g/mol. The van der Waals surface area contributed by atoms with Crippen molar-refractivity contribution < 1.29 is 4.79 Å². The SMILES string of the molecule is CCC[C@H](C)NC(=O)CSCc1ccc(Cl)c(Cl)c1. The number of hydrogen-bond acceptors (Lipinski definition) is 2. The first-order valence-corrected chi connectivity index (χ1v) is 8.25. The third-order valence-corrected chi connectivity index (χ3v) is 4.36. The Kier molecular flexibility index (Phi) is 7.66. The molecule has 1 rings (SSSR count). The highest BCUT2D eigenvalue weighted by Crippen LogP contribution is 2.24. The summed E-state index contributed by atoms with van der Waals surface area (Å²) in [6, 6.07) is 5.80. The van der Waals surface area contributed by atoms with Crippen molar-refractivity contribution in [1.29, 1.82) is 0 Å². The first-order chi connectivity index (χ1) is 9.02. The second kappa shape index (κ2) is 8.72. The average Bonchev–Trinajstić information content (AvgIpc) is 2.34. The van der Waals surface area contributed by atoms with Crippen molar-refractivity contribution in [2.75, 3.05) is 5.75 Å². The fourth-order valence-electron chi connectivity index (χ4n) is 1.71. The Balaban J connectivity index is 2.29. The lowest BCUT2D eigenvalue weighted by Crippen LogP contribution is -2.33. The van der Waals surface area contributed by atoms with E-state index in [0.29, 0.717) is 15.8 Å². The topological polar surface area (TPSA) is 29.1 Å². The Morgan fingerprint density at radius 1 is 1.37 bits per heavy atom. The maximum Gasteiger partial charge on any atom is 0.230 e. The predicted molar refractivity (Wildman–Crippen MR) is 85.1 cm³/mol. The Morgan fingerprint density at radius 2 is 2.11 bits per heavy atom. The highest BCUT2D eigenvalue weighted by molar-refractivity contribution is 7.99. The van der Waals surface area contributed by atoms with Crippen LogP contribution in [-0.2, 0) is 10.5 Å². The summed E-state index contributed by atoms with van der Waals surface area (Å²) in [5, 5.41) is 4.09. The maximum absolute atomic E-state index is 11.7. The third kappa shape index (κ3) is 6.55. The summed E-state index contributed by atoms with van der Waals surface area (Å²) in [4.78, 5) is 11.7. The molecule has 1 N–H and O–H groups in total. The van der Waals surface area contributed by atoms with E-state index in [9.17, 15) is 4.79 Å². The molecule has 0 aliphatic carbocycles. The van der Waals surface area contributed by atoms with Gasteiger partial charge in [-0.25, -0.2) is 0 Å². The summed E-state index contributed by atoms with van der Waals surface area (Å²) >= 11 is 13.4. The van der Waals surface area contributed by atoms with E-state index in [1.807, 2.05) is 19.1 Å². The van der Waals surface area contributed by atoms with Gasteiger partial charge in [-0.2, -0.15) is 0 Å². The molecule has 0 fully saturated rings. The molecule has 0 saturated heterocycles. The lowest BCUT2D eigenvalue weighted by atomic mass is 10.2. The van der Waals surface area contributed by atoms with Crippen LogP contribution in [0.15, 0.2) is 18.2 Å². The van der Waals surface area contributed by atoms with E-state index < -0.39 is 0 Å². The van der Waals surface area contributed by atoms with Gasteiger partial charge in [-0.1, -0.05) is 42.6 Å². The zero-order chi connectivity index (χ0) is 14.3. The van der Waals surface area contributed by atoms with Gasteiger partial charge < -0.3 is 5.32 Å². The molecule has 0 unspecified atom stereocenters. The minimum absolute atomic E-state index is 0.0889. The van der Waals surface area contributed by atoms with E-state index in [1.165, 1.54) is 0 Å². The minimum atomic E-state index is 0.0889. The fraction of sp³-hybridized carbons (Fsp3) is 0.500. The number of amides is 1. The van der Waals surface area contributed by atoms with Gasteiger partial charge in [0.15, 0.2) is 0 Å². The Labute approximate surface area is 129 Å². The molecule has 0 aliphatic heterocycles. The number of nitrogens with one attached hydrogen (secondary N) is 1. The van der Waals surface area contributed by atoms with Crippen molar-refractivity contribution in [3.63, 3.8) is 0 Å². The third-order valence-electron chi connectivity index (χ3n) is 2.61. The lowest BCUT2D eigenvalue weighted by molar-refractivity contribution is -0.119. The number of thioether (sulfide) groups is 1. The maximum atomic E-state index is 11.7. The molecule has 0 aliphatic rings. The molecule has 0 radical (unpaired) electrons. The van der Waals surface area contributed by atoms with Crippen LogP contribution in [0.2, 0.25) is 10.0 Å². The molecule has 19 heavy (non-hydrogen) atoms. The van der Waals surface area contributed by atoms with E-state index in [1.54, 1.807) is 17.8 Å². The van der Waals surface area contributed by atoms with Crippen LogP contribution in [0.1, 0.15) is 32.3 Å². The first kappa shape index (κ1) is 16.7. The van der Waals surface area contributed by atoms with Crippen molar-refractivity contribution in [1.82, 2.24) is 5.32 Å². The zero-order valence-electron chi connectivity index (χ0n) is 11.2. The molecule has 0 aromatic heterocycles. The van der Waals surface area contributed by atoms with Crippen molar-refractivity contribution in [2.24, 2.45) is 0 Å². The summed E-state index contributed by atoms with van der Waals surface area (Å²) in [5.74, 6) is 1.31. The van der Waals surface area contributed by atoms with Gasteiger partial charge in [-0.05, 0) is 31.0 Å². The number of carbonyl (C=O) groups excluding carboxylic acids is 1. The van der Waals surface area contributed by atoms with Crippen LogP contribution in [0, 0.1) is 0 Å². The molecule has 0 saturated carbocycles. The predicted octanol–water partition coefficient (Wildman–Crippen LogP) is 4.53. The Hall–Kier alpha value is -0.380. The van der Waals surface area contributed by atoms with E-state index in [2.05, 4.69) is 12.2 Å². The van der Waals surface area contributed by atoms with Gasteiger partial charge in [-0.15, -0.1) is 11.8 Å². The molecule has 1 amide bonds. The van der Waals surface area contributed by atoms with Crippen molar-refractivity contribution in [3.8, 4) is 0 Å². The molecule has 0 bridgehead atoms. The second-order valence-electron chi connectivity index (χ2n) is 4.50. The van der Waals surface area contributed by atoms with Crippen LogP contribution < -0.4 is 5.32 Å². The monoisotopic (exact) mass is 319 g/mol. The normalized spacial score (nSPS) is 12.2. The van der Waals surface area contributed by atoms with E-state index in [-0.39, 0.29) is 11.9 Å². The molecule has 1 aromatic carbocycles. The molecule has 2 nitrogen and oxygen atoms in total. The van der Waals surface area contributed by atoms with E-state index in [0.717, 1.165) is 24.2 Å². The fourth-order valence-corrected chi connectivity index (χ4v) is 2.82. The summed E-state index contributed by atoms with van der Waals surface area (Å²) < 4.78 is 0. The van der Waals surface area contributed by atoms with Crippen molar-refractivity contribution in [3.05, 3.63) is 33.8 Å². The van der Waals surface area contributed by atoms with Crippen LogP contribution in [0.3, 0.4) is 0 Å². The quantitative estimate of drug-likeness (QED) is 0.799. The zero-order valence-corrected chi connectivity index (χ0v) is 13.5. The smallest absolute Gasteiger partial charge is 0.230 e. The van der Waals surface area contributed by atoms with Gasteiger partial charge in [0.1, 0.15) is 0 Å². The van der Waals surface area contributed by atoms with Gasteiger partial charge in [0.25, 0.3) is 0 Å². The number of hydrogen-bond donors (Lipinski definition) is 1. The molecule has 0 spiro atoms. The molecule has 0 heterocycles. The second-order valence-corrected chi connectivity index (χ2v) is 6.30. The summed E-state index contributed by atoms with van der Waals surface area (Å²) in [5.41, 5.74) is 1.08. The Morgan fingerprint density at radius 3 is 2.74 bits per heavy atom. The van der Waals surface area contributed by atoms with Gasteiger partial charge in [0.05, 0.1) is 15.8 Å². The number of rotatable bonds is 7. The van der Waals surface area contributed by atoms with Crippen LogP contribution in [-0.4, -0.2) is 17.7 Å². The number of carbonyl (C=O) groups is 1. The lowest BCUT2D eigenvalue weighted by Gasteiger charge is -2.12. The number of benzene rings is 1. The number of halogens is 2. The molecular formula is C14H19Cl2NOS. The van der Waals surface area contributed by atoms with E-state index in [4.69, 9.17) is 23.2 Å². The highest BCUT2D eigenvalue weighted by atomic mass is 35.5. The molecular weight excluding hydrogens is 301 g/mol. The van der Waals surface area contributed by atoms with Crippen LogP contribution in [0.25, 0.3) is 0 Å². The largest absolute Gasteiger partial charge is 0.353 e. The summed E-state index contributed by atoms with van der Waals surface area (Å²) in [7, 11) is 0. The Bertz CT molecular complexity index is 426. The minimum Gasteiger partial charge on any atom is -0.353 e.